The van der Waals surface area contributed by atoms with Crippen LogP contribution in [0.15, 0.2) is 89.5 Å². The van der Waals surface area contributed by atoms with Crippen molar-refractivity contribution >= 4 is 58.4 Å². The van der Waals surface area contributed by atoms with Crippen LogP contribution in [0.5, 0.6) is 5.75 Å². The first-order valence-electron chi connectivity index (χ1n) is 11.3. The Morgan fingerprint density at radius 3 is 2.31 bits per heavy atom. The van der Waals surface area contributed by atoms with E-state index < -0.39 is 17.4 Å². The highest BCUT2D eigenvalue weighted by molar-refractivity contribution is 6.36. The SMILES string of the molecule is CN(NC(=O)/C(=C/c1cc(Cl)cc(Cl)c1O)NC(=O)c1ccccc1)c1cnn(-c2ccccc2)c(=O)c1Cl. The van der Waals surface area contributed by atoms with Gasteiger partial charge in [-0.15, -0.1) is 0 Å². The lowest BCUT2D eigenvalue weighted by atomic mass is 10.1. The van der Waals surface area contributed by atoms with E-state index in [1.807, 2.05) is 0 Å². The number of aromatic nitrogens is 2. The largest absolute Gasteiger partial charge is 0.506 e. The first-order valence-corrected chi connectivity index (χ1v) is 12.4. The molecule has 0 bridgehead atoms. The highest BCUT2D eigenvalue weighted by Gasteiger charge is 2.20. The summed E-state index contributed by atoms with van der Waals surface area (Å²) in [6, 6.07) is 19.6. The third-order valence-corrected chi connectivity index (χ3v) is 6.28. The Balaban J connectivity index is 1.66. The van der Waals surface area contributed by atoms with Crippen LogP contribution in [0.4, 0.5) is 5.69 Å². The third-order valence-electron chi connectivity index (χ3n) is 5.42. The van der Waals surface area contributed by atoms with Crippen LogP contribution in [0.1, 0.15) is 15.9 Å². The van der Waals surface area contributed by atoms with Gasteiger partial charge in [-0.1, -0.05) is 71.2 Å². The number of benzene rings is 3. The molecule has 0 radical (unpaired) electrons. The van der Waals surface area contributed by atoms with Gasteiger partial charge in [0.15, 0.2) is 0 Å². The maximum atomic E-state index is 13.3. The molecule has 4 aromatic rings. The average molecular weight is 585 g/mol. The van der Waals surface area contributed by atoms with Crippen molar-refractivity contribution in [2.45, 2.75) is 0 Å². The summed E-state index contributed by atoms with van der Waals surface area (Å²) in [5.74, 6) is -1.73. The third kappa shape index (κ3) is 6.40. The molecule has 0 aliphatic carbocycles. The minimum absolute atomic E-state index is 0.0446. The first-order chi connectivity index (χ1) is 18.7. The molecule has 12 heteroatoms. The Bertz CT molecular complexity index is 1630. The Hall–Kier alpha value is -4.31. The second-order valence-corrected chi connectivity index (χ2v) is 9.32. The van der Waals surface area contributed by atoms with Crippen molar-refractivity contribution in [1.29, 1.82) is 0 Å². The quantitative estimate of drug-likeness (QED) is 0.212. The summed E-state index contributed by atoms with van der Waals surface area (Å²) >= 11 is 18.4. The van der Waals surface area contributed by atoms with Crippen LogP contribution in [0, 0.1) is 0 Å². The molecule has 39 heavy (non-hydrogen) atoms. The molecule has 0 fully saturated rings. The summed E-state index contributed by atoms with van der Waals surface area (Å²) in [5, 5.41) is 18.2. The first kappa shape index (κ1) is 27.7. The van der Waals surface area contributed by atoms with E-state index in [0.717, 1.165) is 4.68 Å². The second-order valence-electron chi connectivity index (χ2n) is 8.10. The molecule has 0 aliphatic rings. The number of hydrogen-bond donors (Lipinski definition) is 3. The number of carbonyl (C=O) groups is 2. The van der Waals surface area contributed by atoms with Crippen molar-refractivity contribution in [1.82, 2.24) is 20.5 Å². The predicted molar refractivity (Wildman–Crippen MR) is 151 cm³/mol. The van der Waals surface area contributed by atoms with Crippen molar-refractivity contribution in [3.05, 3.63) is 121 Å². The van der Waals surface area contributed by atoms with Gasteiger partial charge in [-0.2, -0.15) is 9.78 Å². The van der Waals surface area contributed by atoms with Gasteiger partial charge in [0.1, 0.15) is 22.2 Å². The number of para-hydroxylation sites is 1. The molecular weight excluding hydrogens is 565 g/mol. The van der Waals surface area contributed by atoms with Gasteiger partial charge in [0.25, 0.3) is 17.4 Å². The molecule has 198 valence electrons. The van der Waals surface area contributed by atoms with Gasteiger partial charge in [-0.05, 0) is 42.5 Å². The van der Waals surface area contributed by atoms with E-state index in [1.54, 1.807) is 60.7 Å². The monoisotopic (exact) mass is 583 g/mol. The lowest BCUT2D eigenvalue weighted by Gasteiger charge is -2.22. The smallest absolute Gasteiger partial charge is 0.292 e. The number of phenols is 1. The number of rotatable bonds is 7. The molecule has 0 aliphatic heterocycles. The second kappa shape index (κ2) is 12.0. The van der Waals surface area contributed by atoms with Crippen molar-refractivity contribution in [2.75, 3.05) is 12.1 Å². The van der Waals surface area contributed by atoms with Crippen LogP contribution in [0.3, 0.4) is 0 Å². The number of hydrazine groups is 1. The Labute approximate surface area is 237 Å². The van der Waals surface area contributed by atoms with Gasteiger partial charge in [0, 0.05) is 23.2 Å². The standard InChI is InChI=1S/C27H20Cl3N5O4/c1-34(22-15-31-35(27(39)23(22)30)19-10-6-3-7-11-19)33-26(38)21(32-25(37)16-8-4-2-5-9-16)13-17-12-18(28)14-20(29)24(17)36/h2-15,36H,1H3,(H,32,37)(H,33,38)/b21-13-. The van der Waals surface area contributed by atoms with E-state index in [1.165, 1.54) is 36.5 Å². The van der Waals surface area contributed by atoms with E-state index in [4.69, 9.17) is 34.8 Å². The van der Waals surface area contributed by atoms with Gasteiger partial charge < -0.3 is 10.4 Å². The molecule has 0 spiro atoms. The van der Waals surface area contributed by atoms with Crippen LogP contribution >= 0.6 is 34.8 Å². The predicted octanol–water partition coefficient (Wildman–Crippen LogP) is 4.84. The fourth-order valence-electron chi connectivity index (χ4n) is 3.48. The molecule has 3 N–H and O–H groups in total. The minimum atomic E-state index is -0.805. The number of halogens is 3. The van der Waals surface area contributed by atoms with E-state index >= 15 is 0 Å². The molecule has 0 unspecified atom stereocenters. The van der Waals surface area contributed by atoms with Gasteiger partial charge in [-0.25, -0.2) is 0 Å². The molecule has 0 saturated carbocycles. The summed E-state index contributed by atoms with van der Waals surface area (Å²) in [5.41, 5.74) is 2.66. The van der Waals surface area contributed by atoms with Gasteiger partial charge in [0.2, 0.25) is 0 Å². The molecule has 4 rings (SSSR count). The number of aromatic hydroxyl groups is 1. The Morgan fingerprint density at radius 2 is 1.64 bits per heavy atom. The van der Waals surface area contributed by atoms with Crippen molar-refractivity contribution in [3.63, 3.8) is 0 Å². The lowest BCUT2D eigenvalue weighted by Crippen LogP contribution is -2.44. The zero-order valence-electron chi connectivity index (χ0n) is 20.2. The summed E-state index contributed by atoms with van der Waals surface area (Å²) < 4.78 is 1.12. The van der Waals surface area contributed by atoms with Crippen LogP contribution in [-0.4, -0.2) is 33.7 Å². The fourth-order valence-corrected chi connectivity index (χ4v) is 4.24. The lowest BCUT2D eigenvalue weighted by molar-refractivity contribution is -0.117. The van der Waals surface area contributed by atoms with Crippen LogP contribution in [0.25, 0.3) is 11.8 Å². The van der Waals surface area contributed by atoms with E-state index in [-0.39, 0.29) is 43.3 Å². The highest BCUT2D eigenvalue weighted by atomic mass is 35.5. The Kier molecular flexibility index (Phi) is 8.55. The zero-order valence-corrected chi connectivity index (χ0v) is 22.5. The number of nitrogens with one attached hydrogen (secondary N) is 2. The van der Waals surface area contributed by atoms with Crippen LogP contribution in [-0.2, 0) is 4.79 Å². The molecular formula is C27H20Cl3N5O4. The maximum Gasteiger partial charge on any atom is 0.292 e. The minimum Gasteiger partial charge on any atom is -0.506 e. The highest BCUT2D eigenvalue weighted by Crippen LogP contribution is 2.32. The van der Waals surface area contributed by atoms with Crippen LogP contribution in [0.2, 0.25) is 15.1 Å². The number of carbonyl (C=O) groups excluding carboxylic acids is 2. The summed E-state index contributed by atoms with van der Waals surface area (Å²) in [7, 11) is 1.44. The number of hydrogen-bond acceptors (Lipinski definition) is 6. The van der Waals surface area contributed by atoms with Crippen LogP contribution < -0.4 is 21.3 Å². The molecule has 2 amide bonds. The summed E-state index contributed by atoms with van der Waals surface area (Å²) in [4.78, 5) is 39.1. The summed E-state index contributed by atoms with van der Waals surface area (Å²) in [6.45, 7) is 0. The van der Waals surface area contributed by atoms with Crippen molar-refractivity contribution < 1.29 is 14.7 Å². The number of amides is 2. The molecule has 1 heterocycles. The topological polar surface area (TPSA) is 117 Å². The van der Waals surface area contributed by atoms with Gasteiger partial charge in [0.05, 0.1) is 16.9 Å². The zero-order chi connectivity index (χ0) is 28.1. The molecule has 9 nitrogen and oxygen atoms in total. The molecule has 3 aromatic carbocycles. The van der Waals surface area contributed by atoms with Crippen molar-refractivity contribution in [3.8, 4) is 11.4 Å². The number of phenolic OH excluding ortho intramolecular Hbond substituents is 1. The average Bonchev–Trinajstić information content (AvgIpc) is 2.93. The molecule has 0 saturated heterocycles. The van der Waals surface area contributed by atoms with Gasteiger partial charge in [-0.3, -0.25) is 24.8 Å². The normalized spacial score (nSPS) is 11.1. The maximum absolute atomic E-state index is 13.3. The van der Waals surface area contributed by atoms with E-state index in [0.29, 0.717) is 5.69 Å². The fraction of sp³-hybridized carbons (Fsp3) is 0.0370. The molecule has 1 aromatic heterocycles. The number of anilines is 1. The summed E-state index contributed by atoms with van der Waals surface area (Å²) in [6.07, 6.45) is 2.52. The Morgan fingerprint density at radius 1 is 1.00 bits per heavy atom. The number of nitrogens with zero attached hydrogens (tertiary/aromatic N) is 3. The van der Waals surface area contributed by atoms with Gasteiger partial charge >= 0.3 is 0 Å². The van der Waals surface area contributed by atoms with Crippen molar-refractivity contribution in [2.24, 2.45) is 0 Å². The van der Waals surface area contributed by atoms with E-state index in [2.05, 4.69) is 15.8 Å². The molecule has 0 atom stereocenters. The van der Waals surface area contributed by atoms with E-state index in [9.17, 15) is 19.5 Å².